The van der Waals surface area contributed by atoms with Crippen molar-refractivity contribution in [2.24, 2.45) is 5.92 Å². The number of fused-ring (bicyclic) bond motifs is 1. The lowest BCUT2D eigenvalue weighted by Gasteiger charge is -2.16. The quantitative estimate of drug-likeness (QED) is 0.777. The second-order valence-electron chi connectivity index (χ2n) is 5.36. The molecule has 1 aromatic rings. The molecular formula is C13H19N3O3S. The lowest BCUT2D eigenvalue weighted by molar-refractivity contribution is -0.139. The lowest BCUT2D eigenvalue weighted by atomic mass is 10.0. The van der Waals surface area contributed by atoms with E-state index in [1.807, 2.05) is 13.8 Å². The fourth-order valence-corrected chi connectivity index (χ4v) is 3.27. The minimum absolute atomic E-state index is 0.195. The number of carbonyl (C=O) groups is 2. The van der Waals surface area contributed by atoms with E-state index in [0.29, 0.717) is 11.6 Å². The van der Waals surface area contributed by atoms with Gasteiger partial charge in [0.1, 0.15) is 6.04 Å². The van der Waals surface area contributed by atoms with Crippen LogP contribution in [-0.2, 0) is 17.6 Å². The van der Waals surface area contributed by atoms with Crippen LogP contribution in [0, 0.1) is 5.92 Å². The largest absolute Gasteiger partial charge is 0.480 e. The topological polar surface area (TPSA) is 91.3 Å². The first kappa shape index (κ1) is 14.8. The van der Waals surface area contributed by atoms with E-state index in [0.717, 1.165) is 25.0 Å². The fraction of sp³-hybridized carbons (Fsp3) is 0.615. The van der Waals surface area contributed by atoms with E-state index in [1.54, 1.807) is 0 Å². The number of aryl methyl sites for hydroxylation is 2. The Kier molecular flexibility index (Phi) is 4.59. The summed E-state index contributed by atoms with van der Waals surface area (Å²) in [6.45, 7) is 3.84. The molecule has 0 bridgehead atoms. The van der Waals surface area contributed by atoms with Crippen molar-refractivity contribution in [3.05, 3.63) is 10.6 Å². The van der Waals surface area contributed by atoms with Gasteiger partial charge >= 0.3 is 12.0 Å². The van der Waals surface area contributed by atoms with Crippen LogP contribution in [0.5, 0.6) is 0 Å². The Morgan fingerprint density at radius 3 is 2.75 bits per heavy atom. The van der Waals surface area contributed by atoms with Crippen molar-refractivity contribution in [3.8, 4) is 0 Å². The number of aromatic nitrogens is 1. The minimum Gasteiger partial charge on any atom is -0.480 e. The number of nitrogens with one attached hydrogen (secondary N) is 2. The summed E-state index contributed by atoms with van der Waals surface area (Å²) >= 11 is 1.47. The summed E-state index contributed by atoms with van der Waals surface area (Å²) in [5.74, 6) is -0.824. The Balaban J connectivity index is 1.91. The van der Waals surface area contributed by atoms with Crippen LogP contribution < -0.4 is 10.6 Å². The molecule has 0 aliphatic heterocycles. The van der Waals surface area contributed by atoms with E-state index in [4.69, 9.17) is 5.11 Å². The summed E-state index contributed by atoms with van der Waals surface area (Å²) in [6.07, 6.45) is 3.49. The van der Waals surface area contributed by atoms with Crippen molar-refractivity contribution in [1.29, 1.82) is 0 Å². The van der Waals surface area contributed by atoms with Crippen LogP contribution >= 0.6 is 11.3 Å². The van der Waals surface area contributed by atoms with Crippen molar-refractivity contribution in [1.82, 2.24) is 10.3 Å². The molecule has 0 fully saturated rings. The average Bonchev–Trinajstić information content (AvgIpc) is 2.87. The minimum atomic E-state index is -1.02. The van der Waals surface area contributed by atoms with Gasteiger partial charge in [-0.25, -0.2) is 14.6 Å². The Labute approximate surface area is 121 Å². The van der Waals surface area contributed by atoms with Crippen molar-refractivity contribution in [2.75, 3.05) is 5.32 Å². The molecule has 0 aromatic carbocycles. The molecule has 6 nitrogen and oxygen atoms in total. The van der Waals surface area contributed by atoms with Crippen LogP contribution in [-0.4, -0.2) is 28.1 Å². The zero-order valence-electron chi connectivity index (χ0n) is 11.6. The van der Waals surface area contributed by atoms with E-state index in [1.165, 1.54) is 16.2 Å². The van der Waals surface area contributed by atoms with E-state index in [-0.39, 0.29) is 5.92 Å². The van der Waals surface area contributed by atoms with Gasteiger partial charge in [-0.05, 0) is 31.6 Å². The van der Waals surface area contributed by atoms with E-state index in [9.17, 15) is 9.59 Å². The van der Waals surface area contributed by atoms with Gasteiger partial charge in [-0.3, -0.25) is 5.32 Å². The smallest absolute Gasteiger partial charge is 0.326 e. The number of rotatable bonds is 5. The second kappa shape index (κ2) is 6.21. The average molecular weight is 297 g/mol. The molecule has 0 saturated carbocycles. The van der Waals surface area contributed by atoms with Gasteiger partial charge in [0.2, 0.25) is 0 Å². The van der Waals surface area contributed by atoms with Crippen LogP contribution in [0.3, 0.4) is 0 Å². The number of aliphatic carboxylic acids is 1. The van der Waals surface area contributed by atoms with Gasteiger partial charge in [-0.1, -0.05) is 13.8 Å². The van der Waals surface area contributed by atoms with Crippen molar-refractivity contribution >= 4 is 28.5 Å². The lowest BCUT2D eigenvalue weighted by Crippen LogP contribution is -2.43. The van der Waals surface area contributed by atoms with Gasteiger partial charge in [0.15, 0.2) is 5.13 Å². The van der Waals surface area contributed by atoms with Crippen molar-refractivity contribution < 1.29 is 14.7 Å². The SMILES string of the molecule is CC(C)C[C@@H](NC(=O)Nc1nc2c(s1)CCC2)C(=O)O. The number of hydrogen-bond donors (Lipinski definition) is 3. The molecular weight excluding hydrogens is 278 g/mol. The third-order valence-corrected chi connectivity index (χ3v) is 4.20. The number of carboxylic acid groups (broad SMARTS) is 1. The molecule has 2 rings (SSSR count). The van der Waals surface area contributed by atoms with E-state index < -0.39 is 18.0 Å². The number of nitrogens with zero attached hydrogens (tertiary/aromatic N) is 1. The monoisotopic (exact) mass is 297 g/mol. The van der Waals surface area contributed by atoms with Crippen molar-refractivity contribution in [3.63, 3.8) is 0 Å². The number of amides is 2. The number of thiazole rings is 1. The molecule has 0 spiro atoms. The maximum Gasteiger partial charge on any atom is 0.326 e. The molecule has 3 N–H and O–H groups in total. The molecule has 1 atom stereocenters. The Bertz CT molecular complexity index is 491. The van der Waals surface area contributed by atoms with Crippen LogP contribution in [0.4, 0.5) is 9.93 Å². The predicted octanol–water partition coefficient (Wildman–Crippen LogP) is 2.25. The fourth-order valence-electron chi connectivity index (χ4n) is 2.23. The van der Waals surface area contributed by atoms with Crippen LogP contribution in [0.25, 0.3) is 0 Å². The molecule has 110 valence electrons. The highest BCUT2D eigenvalue weighted by molar-refractivity contribution is 7.15. The number of hydrogen-bond acceptors (Lipinski definition) is 4. The number of carbonyl (C=O) groups excluding carboxylic acids is 1. The first-order chi connectivity index (χ1) is 9.45. The summed E-state index contributed by atoms with van der Waals surface area (Å²) in [4.78, 5) is 28.5. The number of anilines is 1. The first-order valence-corrected chi connectivity index (χ1v) is 7.56. The van der Waals surface area contributed by atoms with Crippen molar-refractivity contribution in [2.45, 2.75) is 45.6 Å². The molecule has 20 heavy (non-hydrogen) atoms. The highest BCUT2D eigenvalue weighted by Crippen LogP contribution is 2.30. The molecule has 7 heteroatoms. The Hall–Kier alpha value is -1.63. The zero-order valence-corrected chi connectivity index (χ0v) is 12.4. The van der Waals surface area contributed by atoms with Gasteiger partial charge in [0, 0.05) is 4.88 Å². The maximum absolute atomic E-state index is 11.8. The molecule has 2 amide bonds. The van der Waals surface area contributed by atoms with E-state index in [2.05, 4.69) is 15.6 Å². The van der Waals surface area contributed by atoms with Gasteiger partial charge in [-0.2, -0.15) is 0 Å². The molecule has 0 saturated heterocycles. The third-order valence-electron chi connectivity index (χ3n) is 3.13. The third kappa shape index (κ3) is 3.69. The number of carboxylic acids is 1. The summed E-state index contributed by atoms with van der Waals surface area (Å²) < 4.78 is 0. The summed E-state index contributed by atoms with van der Waals surface area (Å²) in [5, 5.41) is 14.7. The summed E-state index contributed by atoms with van der Waals surface area (Å²) in [6, 6.07) is -1.38. The normalized spacial score (nSPS) is 14.9. The van der Waals surface area contributed by atoms with Crippen LogP contribution in [0.1, 0.15) is 37.3 Å². The number of urea groups is 1. The Morgan fingerprint density at radius 1 is 1.40 bits per heavy atom. The zero-order chi connectivity index (χ0) is 14.7. The molecule has 1 aliphatic rings. The maximum atomic E-state index is 11.8. The molecule has 0 unspecified atom stereocenters. The summed E-state index contributed by atoms with van der Waals surface area (Å²) in [7, 11) is 0. The van der Waals surface area contributed by atoms with Gasteiger partial charge < -0.3 is 10.4 Å². The molecule has 0 radical (unpaired) electrons. The highest BCUT2D eigenvalue weighted by atomic mass is 32.1. The first-order valence-electron chi connectivity index (χ1n) is 6.74. The van der Waals surface area contributed by atoms with Crippen LogP contribution in [0.2, 0.25) is 0 Å². The highest BCUT2D eigenvalue weighted by Gasteiger charge is 2.22. The van der Waals surface area contributed by atoms with E-state index >= 15 is 0 Å². The standard InChI is InChI=1S/C13H19N3O3S/c1-7(2)6-9(11(17)18)14-12(19)16-13-15-8-4-3-5-10(8)20-13/h7,9H,3-6H2,1-2H3,(H,17,18)(H2,14,15,16,19)/t9-/m1/s1. The van der Waals surface area contributed by atoms with Gasteiger partial charge in [-0.15, -0.1) is 11.3 Å². The van der Waals surface area contributed by atoms with Gasteiger partial charge in [0.05, 0.1) is 5.69 Å². The Morgan fingerprint density at radius 2 is 2.15 bits per heavy atom. The second-order valence-corrected chi connectivity index (χ2v) is 6.44. The molecule has 1 heterocycles. The molecule has 1 aromatic heterocycles. The van der Waals surface area contributed by atoms with Gasteiger partial charge in [0.25, 0.3) is 0 Å². The predicted molar refractivity (Wildman–Crippen MR) is 77.2 cm³/mol. The van der Waals surface area contributed by atoms with Crippen LogP contribution in [0.15, 0.2) is 0 Å². The molecule has 1 aliphatic carbocycles. The summed E-state index contributed by atoms with van der Waals surface area (Å²) in [5.41, 5.74) is 1.06.